The van der Waals surface area contributed by atoms with Crippen molar-refractivity contribution in [3.63, 3.8) is 0 Å². The molecule has 2 heterocycles. The molecule has 0 unspecified atom stereocenters. The Kier molecular flexibility index (Phi) is 6.42. The van der Waals surface area contributed by atoms with Crippen LogP contribution in [0.3, 0.4) is 0 Å². The molecular formula is C24H19NO6S. The van der Waals surface area contributed by atoms with E-state index in [9.17, 15) is 14.4 Å². The Morgan fingerprint density at radius 1 is 1.03 bits per heavy atom. The Bertz CT molecular complexity index is 1180. The highest BCUT2D eigenvalue weighted by atomic mass is 32.2. The third kappa shape index (κ3) is 4.76. The maximum atomic E-state index is 12.9. The number of amides is 2. The van der Waals surface area contributed by atoms with Crippen LogP contribution in [0.2, 0.25) is 0 Å². The average Bonchev–Trinajstić information content (AvgIpc) is 3.39. The number of esters is 1. The number of furan rings is 1. The molecule has 1 aliphatic rings. The number of para-hydroxylation sites is 1. The number of imide groups is 1. The molecule has 0 saturated carbocycles. The topological polar surface area (TPSA) is 86.0 Å². The van der Waals surface area contributed by atoms with Crippen LogP contribution >= 0.6 is 11.8 Å². The van der Waals surface area contributed by atoms with Crippen LogP contribution in [0.1, 0.15) is 27.4 Å². The van der Waals surface area contributed by atoms with Gasteiger partial charge in [0.1, 0.15) is 18.1 Å². The van der Waals surface area contributed by atoms with E-state index in [1.54, 1.807) is 6.08 Å². The van der Waals surface area contributed by atoms with Crippen molar-refractivity contribution < 1.29 is 28.3 Å². The first-order valence-electron chi connectivity index (χ1n) is 9.73. The van der Waals surface area contributed by atoms with E-state index in [4.69, 9.17) is 9.15 Å². The fraction of sp³-hybridized carbons (Fsp3) is 0.125. The summed E-state index contributed by atoms with van der Waals surface area (Å²) in [6.45, 7) is 0.305. The first kappa shape index (κ1) is 21.5. The molecule has 2 amide bonds. The molecule has 7 nitrogen and oxygen atoms in total. The molecule has 1 saturated heterocycles. The number of benzene rings is 2. The second-order valence-corrected chi connectivity index (χ2v) is 7.83. The van der Waals surface area contributed by atoms with Crippen molar-refractivity contribution in [1.82, 2.24) is 4.90 Å². The Hall–Kier alpha value is -3.78. The van der Waals surface area contributed by atoms with Crippen LogP contribution in [0.5, 0.6) is 5.75 Å². The number of hydrogen-bond acceptors (Lipinski definition) is 7. The summed E-state index contributed by atoms with van der Waals surface area (Å²) in [5, 5.41) is -0.417. The number of carbonyl (C=O) groups is 3. The Morgan fingerprint density at radius 3 is 2.56 bits per heavy atom. The van der Waals surface area contributed by atoms with Crippen LogP contribution in [0, 0.1) is 0 Å². The predicted molar refractivity (Wildman–Crippen MR) is 119 cm³/mol. The molecule has 0 bridgehead atoms. The van der Waals surface area contributed by atoms with Crippen molar-refractivity contribution in [2.75, 3.05) is 7.11 Å². The SMILES string of the molecule is COC(=O)c1ccc(CN2C(=O)SC(=Cc3ccccc3OCc3ccccc3)C2=O)o1. The smallest absolute Gasteiger partial charge is 0.373 e. The molecule has 0 aliphatic carbocycles. The van der Waals surface area contributed by atoms with E-state index < -0.39 is 17.1 Å². The highest BCUT2D eigenvalue weighted by Gasteiger charge is 2.36. The summed E-state index contributed by atoms with van der Waals surface area (Å²) in [7, 11) is 1.24. The minimum atomic E-state index is -0.627. The molecule has 1 aliphatic heterocycles. The Labute approximate surface area is 188 Å². The lowest BCUT2D eigenvalue weighted by molar-refractivity contribution is -0.123. The van der Waals surface area contributed by atoms with Crippen molar-refractivity contribution >= 4 is 35.0 Å². The number of rotatable bonds is 7. The van der Waals surface area contributed by atoms with Crippen LogP contribution in [-0.2, 0) is 22.7 Å². The molecule has 0 spiro atoms. The van der Waals surface area contributed by atoms with Gasteiger partial charge in [0.2, 0.25) is 5.76 Å². The van der Waals surface area contributed by atoms with Gasteiger partial charge in [-0.05, 0) is 41.6 Å². The first-order chi connectivity index (χ1) is 15.5. The molecule has 0 N–H and O–H groups in total. The summed E-state index contributed by atoms with van der Waals surface area (Å²) in [4.78, 5) is 38.2. The molecule has 0 radical (unpaired) electrons. The van der Waals surface area contributed by atoms with Gasteiger partial charge in [-0.25, -0.2) is 4.79 Å². The number of nitrogens with zero attached hydrogens (tertiary/aromatic N) is 1. The maximum Gasteiger partial charge on any atom is 0.373 e. The van der Waals surface area contributed by atoms with E-state index in [1.165, 1.54) is 19.2 Å². The van der Waals surface area contributed by atoms with Crippen LogP contribution in [0.15, 0.2) is 76.1 Å². The molecule has 1 fully saturated rings. The van der Waals surface area contributed by atoms with Gasteiger partial charge in [-0.3, -0.25) is 14.5 Å². The number of carbonyl (C=O) groups excluding carboxylic acids is 3. The lowest BCUT2D eigenvalue weighted by Gasteiger charge is -2.11. The molecule has 1 aromatic heterocycles. The van der Waals surface area contributed by atoms with Crippen molar-refractivity contribution in [2.24, 2.45) is 0 Å². The summed E-state index contributed by atoms with van der Waals surface area (Å²) in [5.41, 5.74) is 1.72. The zero-order valence-corrected chi connectivity index (χ0v) is 18.0. The zero-order valence-electron chi connectivity index (χ0n) is 17.1. The lowest BCUT2D eigenvalue weighted by atomic mass is 10.1. The molecule has 8 heteroatoms. The van der Waals surface area contributed by atoms with E-state index in [1.807, 2.05) is 54.6 Å². The highest BCUT2D eigenvalue weighted by Crippen LogP contribution is 2.35. The van der Waals surface area contributed by atoms with Gasteiger partial charge in [0.15, 0.2) is 0 Å². The van der Waals surface area contributed by atoms with E-state index in [-0.39, 0.29) is 17.2 Å². The van der Waals surface area contributed by atoms with E-state index in [0.29, 0.717) is 23.7 Å². The number of thioether (sulfide) groups is 1. The second kappa shape index (κ2) is 9.57. The summed E-state index contributed by atoms with van der Waals surface area (Å²) >= 11 is 0.846. The van der Waals surface area contributed by atoms with Crippen LogP contribution < -0.4 is 4.74 Å². The van der Waals surface area contributed by atoms with Crippen molar-refractivity contribution in [1.29, 1.82) is 0 Å². The summed E-state index contributed by atoms with van der Waals surface area (Å²) in [6.07, 6.45) is 1.65. The van der Waals surface area contributed by atoms with Crippen LogP contribution in [0.25, 0.3) is 6.08 Å². The molecule has 3 aromatic rings. The van der Waals surface area contributed by atoms with Gasteiger partial charge in [0.25, 0.3) is 11.1 Å². The van der Waals surface area contributed by atoms with Gasteiger partial charge < -0.3 is 13.9 Å². The van der Waals surface area contributed by atoms with E-state index in [0.717, 1.165) is 22.2 Å². The van der Waals surface area contributed by atoms with Crippen molar-refractivity contribution in [2.45, 2.75) is 13.2 Å². The second-order valence-electron chi connectivity index (χ2n) is 6.84. The first-order valence-corrected chi connectivity index (χ1v) is 10.5. The standard InChI is InChI=1S/C24H19NO6S/c1-29-23(27)20-12-11-18(31-20)14-25-22(26)21(32-24(25)28)13-17-9-5-6-10-19(17)30-15-16-7-3-2-4-8-16/h2-13H,14-15H2,1H3. The van der Waals surface area contributed by atoms with Crippen LogP contribution in [0.4, 0.5) is 4.79 Å². The van der Waals surface area contributed by atoms with Gasteiger partial charge >= 0.3 is 5.97 Å². The van der Waals surface area contributed by atoms with Gasteiger partial charge in [0, 0.05) is 5.56 Å². The van der Waals surface area contributed by atoms with Gasteiger partial charge in [0.05, 0.1) is 18.6 Å². The highest BCUT2D eigenvalue weighted by molar-refractivity contribution is 8.18. The van der Waals surface area contributed by atoms with Crippen LogP contribution in [-0.4, -0.2) is 29.1 Å². The minimum absolute atomic E-state index is 0.00880. The molecule has 0 atom stereocenters. The van der Waals surface area contributed by atoms with Gasteiger partial charge in [-0.2, -0.15) is 0 Å². The largest absolute Gasteiger partial charge is 0.488 e. The van der Waals surface area contributed by atoms with Gasteiger partial charge in [-0.1, -0.05) is 48.5 Å². The number of methoxy groups -OCH3 is 1. The molecule has 2 aromatic carbocycles. The summed E-state index contributed by atoms with van der Waals surface area (Å²) in [6, 6.07) is 20.0. The van der Waals surface area contributed by atoms with Crippen molar-refractivity contribution in [3.05, 3.63) is 94.3 Å². The van der Waals surface area contributed by atoms with E-state index in [2.05, 4.69) is 4.74 Å². The minimum Gasteiger partial charge on any atom is -0.488 e. The maximum absolute atomic E-state index is 12.9. The fourth-order valence-electron chi connectivity index (χ4n) is 3.07. The monoisotopic (exact) mass is 449 g/mol. The number of ether oxygens (including phenoxy) is 2. The third-order valence-electron chi connectivity index (χ3n) is 4.68. The number of hydrogen-bond donors (Lipinski definition) is 0. The Balaban J connectivity index is 1.49. The predicted octanol–water partition coefficient (Wildman–Crippen LogP) is 4.88. The molecule has 32 heavy (non-hydrogen) atoms. The zero-order chi connectivity index (χ0) is 22.5. The van der Waals surface area contributed by atoms with E-state index >= 15 is 0 Å². The normalized spacial score (nSPS) is 14.8. The van der Waals surface area contributed by atoms with Gasteiger partial charge in [-0.15, -0.1) is 0 Å². The fourth-order valence-corrected chi connectivity index (χ4v) is 3.90. The quantitative estimate of drug-likeness (QED) is 0.375. The summed E-state index contributed by atoms with van der Waals surface area (Å²) in [5.74, 6) is -0.141. The third-order valence-corrected chi connectivity index (χ3v) is 5.59. The van der Waals surface area contributed by atoms with Crippen molar-refractivity contribution in [3.8, 4) is 5.75 Å². The lowest BCUT2D eigenvalue weighted by Crippen LogP contribution is -2.27. The molecular weight excluding hydrogens is 430 g/mol. The Morgan fingerprint density at radius 2 is 1.78 bits per heavy atom. The average molecular weight is 449 g/mol. The molecule has 4 rings (SSSR count). The summed E-state index contributed by atoms with van der Waals surface area (Å²) < 4.78 is 15.9. The molecule has 162 valence electrons.